The molecule has 136 valence electrons. The number of carbonyl (C=O) groups excluding carboxylic acids is 2. The number of nitro benzene ring substituents is 1. The number of rotatable bonds is 8. The number of carbonyl (C=O) groups is 2. The molecule has 2 aromatic rings. The lowest BCUT2D eigenvalue weighted by atomic mass is 10.1. The van der Waals surface area contributed by atoms with E-state index in [1.54, 1.807) is 19.1 Å². The van der Waals surface area contributed by atoms with Gasteiger partial charge in [0.25, 0.3) is 0 Å². The number of nitrogens with zero attached hydrogens (tertiary/aromatic N) is 1. The van der Waals surface area contributed by atoms with Gasteiger partial charge in [0.2, 0.25) is 11.5 Å². The van der Waals surface area contributed by atoms with Crippen molar-refractivity contribution in [1.82, 2.24) is 0 Å². The van der Waals surface area contributed by atoms with Crippen LogP contribution in [0.1, 0.15) is 18.1 Å². The minimum atomic E-state index is -1.04. The van der Waals surface area contributed by atoms with Crippen LogP contribution >= 0.6 is 11.6 Å². The van der Waals surface area contributed by atoms with E-state index in [0.717, 1.165) is 5.56 Å². The van der Waals surface area contributed by atoms with Gasteiger partial charge in [-0.25, -0.2) is 4.79 Å². The van der Waals surface area contributed by atoms with Crippen LogP contribution in [-0.2, 0) is 27.4 Å². The first-order chi connectivity index (χ1) is 12.4. The van der Waals surface area contributed by atoms with Crippen LogP contribution in [0.2, 0.25) is 5.02 Å². The number of hydrogen-bond acceptors (Lipinski definition) is 6. The van der Waals surface area contributed by atoms with Crippen molar-refractivity contribution in [2.75, 3.05) is 6.61 Å². The first-order valence-corrected chi connectivity index (χ1v) is 8.14. The zero-order valence-electron chi connectivity index (χ0n) is 13.9. The average Bonchev–Trinajstić information content (AvgIpc) is 2.62. The maximum Gasteiger partial charge on any atom is 0.374 e. The lowest BCUT2D eigenvalue weighted by molar-refractivity contribution is -0.386. The Labute approximate surface area is 154 Å². The first kappa shape index (κ1) is 19.4. The molecule has 0 N–H and O–H groups in total. The van der Waals surface area contributed by atoms with Crippen molar-refractivity contribution in [2.45, 2.75) is 20.0 Å². The molecule has 0 radical (unpaired) electrons. The molecule has 0 aliphatic heterocycles. The molecule has 0 bridgehead atoms. The molecule has 0 aliphatic rings. The summed E-state index contributed by atoms with van der Waals surface area (Å²) in [6, 6.07) is 11.8. The molecule has 2 rings (SSSR count). The van der Waals surface area contributed by atoms with Gasteiger partial charge in [0.15, 0.2) is 0 Å². The first-order valence-electron chi connectivity index (χ1n) is 7.76. The number of hydrogen-bond donors (Lipinski definition) is 0. The molecule has 0 amide bonds. The van der Waals surface area contributed by atoms with Gasteiger partial charge >= 0.3 is 11.7 Å². The quantitative estimate of drug-likeness (QED) is 0.302. The molecule has 7 nitrogen and oxygen atoms in total. The van der Waals surface area contributed by atoms with E-state index in [0.29, 0.717) is 0 Å². The summed E-state index contributed by atoms with van der Waals surface area (Å²) in [4.78, 5) is 34.2. The predicted octanol–water partition coefficient (Wildman–Crippen LogP) is 3.50. The van der Waals surface area contributed by atoms with E-state index in [-0.39, 0.29) is 29.5 Å². The highest BCUT2D eigenvalue weighted by molar-refractivity contribution is 6.34. The number of ketones is 1. The molecule has 0 aliphatic carbocycles. The topological polar surface area (TPSA) is 95.7 Å². The molecule has 8 heteroatoms. The van der Waals surface area contributed by atoms with Crippen LogP contribution < -0.4 is 4.74 Å². The SMILES string of the molecule is CCOC(=O)C(=O)Cc1ccc(Cl)c(OCc2ccccc2)c1[N+](=O)[O-]. The Bertz CT molecular complexity index is 822. The zero-order valence-corrected chi connectivity index (χ0v) is 14.7. The fraction of sp³-hybridized carbons (Fsp3) is 0.222. The number of ether oxygens (including phenoxy) is 2. The van der Waals surface area contributed by atoms with Gasteiger partial charge in [0.05, 0.1) is 16.6 Å². The van der Waals surface area contributed by atoms with Gasteiger partial charge in [-0.05, 0) is 24.6 Å². The van der Waals surface area contributed by atoms with E-state index < -0.39 is 28.8 Å². The molecule has 0 spiro atoms. The third-order valence-corrected chi connectivity index (χ3v) is 3.73. The van der Waals surface area contributed by atoms with Crippen LogP contribution in [0.15, 0.2) is 42.5 Å². The van der Waals surface area contributed by atoms with Gasteiger partial charge < -0.3 is 9.47 Å². The zero-order chi connectivity index (χ0) is 19.1. The molecule has 26 heavy (non-hydrogen) atoms. The molecule has 0 aromatic heterocycles. The molecule has 2 aromatic carbocycles. The molecule has 0 unspecified atom stereocenters. The maximum absolute atomic E-state index is 11.9. The number of halogens is 1. The number of esters is 1. The van der Waals surface area contributed by atoms with Crippen molar-refractivity contribution in [3.63, 3.8) is 0 Å². The highest BCUT2D eigenvalue weighted by atomic mass is 35.5. The Kier molecular flexibility index (Phi) is 6.68. The molecule has 0 saturated heterocycles. The van der Waals surface area contributed by atoms with Crippen LogP contribution in [-0.4, -0.2) is 23.3 Å². The van der Waals surface area contributed by atoms with E-state index >= 15 is 0 Å². The van der Waals surface area contributed by atoms with Gasteiger partial charge in [-0.1, -0.05) is 41.9 Å². The van der Waals surface area contributed by atoms with Crippen LogP contribution in [0.4, 0.5) is 5.69 Å². The van der Waals surface area contributed by atoms with Crippen molar-refractivity contribution in [1.29, 1.82) is 0 Å². The summed E-state index contributed by atoms with van der Waals surface area (Å²) in [5.74, 6) is -2.07. The molecular weight excluding hydrogens is 362 g/mol. The van der Waals surface area contributed by atoms with Crippen molar-refractivity contribution in [3.05, 3.63) is 68.7 Å². The van der Waals surface area contributed by atoms with Crippen LogP contribution in [0.3, 0.4) is 0 Å². The average molecular weight is 378 g/mol. The summed E-state index contributed by atoms with van der Waals surface area (Å²) >= 11 is 6.05. The van der Waals surface area contributed by atoms with E-state index in [1.807, 2.05) is 18.2 Å². The molecule has 0 atom stereocenters. The Morgan fingerprint density at radius 1 is 1.15 bits per heavy atom. The highest BCUT2D eigenvalue weighted by Crippen LogP contribution is 2.38. The Morgan fingerprint density at radius 3 is 2.46 bits per heavy atom. The van der Waals surface area contributed by atoms with Crippen LogP contribution in [0, 0.1) is 10.1 Å². The largest absolute Gasteiger partial charge is 0.481 e. The summed E-state index contributed by atoms with van der Waals surface area (Å²) in [5.41, 5.74) is 0.387. The van der Waals surface area contributed by atoms with Gasteiger partial charge in [0.1, 0.15) is 6.61 Å². The third kappa shape index (κ3) is 4.80. The molecule has 0 saturated carbocycles. The number of nitro groups is 1. The summed E-state index contributed by atoms with van der Waals surface area (Å²) < 4.78 is 10.2. The Morgan fingerprint density at radius 2 is 1.85 bits per heavy atom. The van der Waals surface area contributed by atoms with E-state index in [9.17, 15) is 19.7 Å². The third-order valence-electron chi connectivity index (χ3n) is 3.43. The second-order valence-electron chi connectivity index (χ2n) is 5.24. The second kappa shape index (κ2) is 8.96. The van der Waals surface area contributed by atoms with Gasteiger partial charge in [-0.3, -0.25) is 14.9 Å². The van der Waals surface area contributed by atoms with Crippen LogP contribution in [0.25, 0.3) is 0 Å². The van der Waals surface area contributed by atoms with Gasteiger partial charge in [-0.2, -0.15) is 0 Å². The fourth-order valence-corrected chi connectivity index (χ4v) is 2.46. The highest BCUT2D eigenvalue weighted by Gasteiger charge is 2.27. The molecule has 0 heterocycles. The summed E-state index contributed by atoms with van der Waals surface area (Å²) in [5, 5.41) is 11.6. The monoisotopic (exact) mass is 377 g/mol. The number of Topliss-reactive ketones (excluding diaryl/α,β-unsaturated/α-hetero) is 1. The van der Waals surface area contributed by atoms with E-state index in [1.165, 1.54) is 12.1 Å². The molecule has 0 fully saturated rings. The lowest BCUT2D eigenvalue weighted by Gasteiger charge is -2.11. The second-order valence-corrected chi connectivity index (χ2v) is 5.64. The fourth-order valence-electron chi connectivity index (χ4n) is 2.25. The van der Waals surface area contributed by atoms with E-state index in [4.69, 9.17) is 16.3 Å². The van der Waals surface area contributed by atoms with Gasteiger partial charge in [0, 0.05) is 12.0 Å². The number of benzene rings is 2. The van der Waals surface area contributed by atoms with Crippen molar-refractivity contribution < 1.29 is 24.0 Å². The molecular formula is C18H16ClNO6. The smallest absolute Gasteiger partial charge is 0.374 e. The normalized spacial score (nSPS) is 10.2. The minimum absolute atomic E-state index is 0.0283. The van der Waals surface area contributed by atoms with Crippen LogP contribution in [0.5, 0.6) is 5.75 Å². The van der Waals surface area contributed by atoms with Gasteiger partial charge in [-0.15, -0.1) is 0 Å². The summed E-state index contributed by atoms with van der Waals surface area (Å²) in [6.07, 6.45) is -0.478. The Hall–Kier alpha value is -2.93. The summed E-state index contributed by atoms with van der Waals surface area (Å²) in [6.45, 7) is 1.67. The van der Waals surface area contributed by atoms with Crippen molar-refractivity contribution >= 4 is 29.0 Å². The van der Waals surface area contributed by atoms with Crippen molar-refractivity contribution in [2.24, 2.45) is 0 Å². The predicted molar refractivity (Wildman–Crippen MR) is 94.2 cm³/mol. The van der Waals surface area contributed by atoms with Crippen molar-refractivity contribution in [3.8, 4) is 5.75 Å². The standard InChI is InChI=1S/C18H16ClNO6/c1-2-25-18(22)15(21)10-13-8-9-14(19)17(16(13)20(23)24)26-11-12-6-4-3-5-7-12/h3-9H,2,10-11H2,1H3. The maximum atomic E-state index is 11.9. The summed E-state index contributed by atoms with van der Waals surface area (Å²) in [7, 11) is 0. The lowest BCUT2D eigenvalue weighted by Crippen LogP contribution is -2.20. The van der Waals surface area contributed by atoms with E-state index in [2.05, 4.69) is 4.74 Å². The minimum Gasteiger partial charge on any atom is -0.481 e. The Balaban J connectivity index is 2.31.